The predicted octanol–water partition coefficient (Wildman–Crippen LogP) is 6.62. The summed E-state index contributed by atoms with van der Waals surface area (Å²) in [4.78, 5) is 20.8. The molecule has 30 heavy (non-hydrogen) atoms. The molecule has 1 amide bonds. The maximum atomic E-state index is 12.8. The van der Waals surface area contributed by atoms with Crippen LogP contribution in [-0.4, -0.2) is 15.9 Å². The van der Waals surface area contributed by atoms with E-state index in [1.165, 1.54) is 15.8 Å². The second kappa shape index (κ2) is 7.11. The van der Waals surface area contributed by atoms with E-state index in [0.29, 0.717) is 5.69 Å². The Labute approximate surface area is 178 Å². The van der Waals surface area contributed by atoms with Crippen LogP contribution in [0.3, 0.4) is 0 Å². The highest BCUT2D eigenvalue weighted by atomic mass is 32.1. The minimum absolute atomic E-state index is 0.135. The van der Waals surface area contributed by atoms with E-state index < -0.39 is 0 Å². The van der Waals surface area contributed by atoms with Crippen LogP contribution in [0.15, 0.2) is 60.7 Å². The van der Waals surface area contributed by atoms with Crippen molar-refractivity contribution in [2.24, 2.45) is 0 Å². The van der Waals surface area contributed by atoms with Gasteiger partial charge in [0.05, 0.1) is 10.2 Å². The van der Waals surface area contributed by atoms with Crippen LogP contribution in [0, 0.1) is 20.8 Å². The largest absolute Gasteiger partial charge is 0.350 e. The fourth-order valence-electron chi connectivity index (χ4n) is 3.71. The molecule has 0 aliphatic carbocycles. The number of benzene rings is 3. The molecule has 0 saturated carbocycles. The Bertz CT molecular complexity index is 1410. The Morgan fingerprint density at radius 2 is 1.67 bits per heavy atom. The number of H-pyrrole nitrogens is 1. The first kappa shape index (κ1) is 18.6. The number of anilines is 1. The summed E-state index contributed by atoms with van der Waals surface area (Å²) in [5.74, 6) is -0.135. The summed E-state index contributed by atoms with van der Waals surface area (Å²) in [5, 5.41) is 5.07. The van der Waals surface area contributed by atoms with E-state index in [1.54, 1.807) is 11.3 Å². The number of carbonyl (C=O) groups is 1. The Morgan fingerprint density at radius 3 is 2.47 bits per heavy atom. The third-order valence-electron chi connectivity index (χ3n) is 5.37. The molecule has 0 bridgehead atoms. The molecule has 4 nitrogen and oxygen atoms in total. The number of fused-ring (bicyclic) bond motifs is 2. The minimum Gasteiger partial charge on any atom is -0.350 e. The lowest BCUT2D eigenvalue weighted by Crippen LogP contribution is -2.13. The highest BCUT2D eigenvalue weighted by molar-refractivity contribution is 7.21. The van der Waals surface area contributed by atoms with Crippen molar-refractivity contribution in [2.45, 2.75) is 20.8 Å². The van der Waals surface area contributed by atoms with Gasteiger partial charge < -0.3 is 10.3 Å². The fraction of sp³-hybridized carbons (Fsp3) is 0.120. The van der Waals surface area contributed by atoms with Gasteiger partial charge in [0, 0.05) is 22.2 Å². The van der Waals surface area contributed by atoms with Gasteiger partial charge in [-0.1, -0.05) is 17.7 Å². The first-order valence-electron chi connectivity index (χ1n) is 9.86. The average Bonchev–Trinajstić information content (AvgIpc) is 3.29. The summed E-state index contributed by atoms with van der Waals surface area (Å²) in [5.41, 5.74) is 7.77. The van der Waals surface area contributed by atoms with Crippen LogP contribution < -0.4 is 5.32 Å². The quantitative estimate of drug-likeness (QED) is 0.350. The van der Waals surface area contributed by atoms with Crippen LogP contribution in [0.4, 0.5) is 5.69 Å². The van der Waals surface area contributed by atoms with E-state index in [-0.39, 0.29) is 5.91 Å². The monoisotopic (exact) mass is 411 g/mol. The number of aryl methyl sites for hydroxylation is 3. The molecule has 0 saturated heterocycles. The summed E-state index contributed by atoms with van der Waals surface area (Å²) in [7, 11) is 0. The number of aromatic amines is 1. The highest BCUT2D eigenvalue weighted by Gasteiger charge is 2.15. The van der Waals surface area contributed by atoms with Crippen LogP contribution in [-0.2, 0) is 0 Å². The van der Waals surface area contributed by atoms with Crippen molar-refractivity contribution in [3.8, 4) is 10.6 Å². The SMILES string of the molecule is Cc1ccc2nc(-c3ccc(NC(=O)c4[nH]c5ccc(C)cc5c4C)cc3)sc2c1. The zero-order valence-corrected chi connectivity index (χ0v) is 17.9. The van der Waals surface area contributed by atoms with Gasteiger partial charge in [0.2, 0.25) is 0 Å². The number of aromatic nitrogens is 2. The molecule has 2 aromatic heterocycles. The van der Waals surface area contributed by atoms with Crippen molar-refractivity contribution in [1.29, 1.82) is 0 Å². The van der Waals surface area contributed by atoms with E-state index in [2.05, 4.69) is 48.4 Å². The zero-order chi connectivity index (χ0) is 20.8. The second-order valence-corrected chi connectivity index (χ2v) is 8.73. The van der Waals surface area contributed by atoms with Crippen molar-refractivity contribution >= 4 is 44.1 Å². The van der Waals surface area contributed by atoms with Gasteiger partial charge in [-0.15, -0.1) is 11.3 Å². The topological polar surface area (TPSA) is 57.8 Å². The first-order valence-corrected chi connectivity index (χ1v) is 10.7. The lowest BCUT2D eigenvalue weighted by Gasteiger charge is -2.05. The predicted molar refractivity (Wildman–Crippen MR) is 126 cm³/mol. The fourth-order valence-corrected chi connectivity index (χ4v) is 4.78. The number of amides is 1. The van der Waals surface area contributed by atoms with Crippen molar-refractivity contribution < 1.29 is 4.79 Å². The van der Waals surface area contributed by atoms with Gasteiger partial charge in [0.1, 0.15) is 10.7 Å². The molecule has 5 rings (SSSR count). The lowest BCUT2D eigenvalue weighted by molar-refractivity contribution is 0.102. The Hall–Kier alpha value is -3.44. The van der Waals surface area contributed by atoms with Gasteiger partial charge in [0.15, 0.2) is 0 Å². The molecular weight excluding hydrogens is 390 g/mol. The van der Waals surface area contributed by atoms with E-state index in [0.717, 1.165) is 38.2 Å². The van der Waals surface area contributed by atoms with E-state index in [1.807, 2.05) is 43.3 Å². The van der Waals surface area contributed by atoms with Gasteiger partial charge >= 0.3 is 0 Å². The molecule has 0 radical (unpaired) electrons. The summed E-state index contributed by atoms with van der Waals surface area (Å²) in [6, 6.07) is 20.3. The van der Waals surface area contributed by atoms with Gasteiger partial charge in [0.25, 0.3) is 5.91 Å². The molecule has 0 aliphatic rings. The molecule has 148 valence electrons. The van der Waals surface area contributed by atoms with Crippen molar-refractivity contribution in [3.63, 3.8) is 0 Å². The molecule has 2 heterocycles. The molecule has 3 aromatic carbocycles. The molecule has 0 atom stereocenters. The van der Waals surface area contributed by atoms with E-state index in [9.17, 15) is 4.79 Å². The van der Waals surface area contributed by atoms with Crippen LogP contribution >= 0.6 is 11.3 Å². The standard InChI is InChI=1S/C25H21N3OS/c1-14-4-10-20-19(12-14)16(3)23(27-20)24(29)26-18-8-6-17(7-9-18)25-28-21-11-5-15(2)13-22(21)30-25/h4-13,27H,1-3H3,(H,26,29). The Morgan fingerprint density at radius 1 is 0.933 bits per heavy atom. The molecular formula is C25H21N3OS. The molecule has 0 spiro atoms. The van der Waals surface area contributed by atoms with Gasteiger partial charge in [-0.2, -0.15) is 0 Å². The third-order valence-corrected chi connectivity index (χ3v) is 6.44. The summed E-state index contributed by atoms with van der Waals surface area (Å²) in [6.07, 6.45) is 0. The average molecular weight is 412 g/mol. The van der Waals surface area contributed by atoms with Gasteiger partial charge in [-0.3, -0.25) is 4.79 Å². The minimum atomic E-state index is -0.135. The summed E-state index contributed by atoms with van der Waals surface area (Å²) < 4.78 is 1.19. The maximum absolute atomic E-state index is 12.8. The Balaban J connectivity index is 1.39. The van der Waals surface area contributed by atoms with E-state index in [4.69, 9.17) is 4.98 Å². The van der Waals surface area contributed by atoms with Crippen molar-refractivity contribution in [3.05, 3.63) is 83.0 Å². The van der Waals surface area contributed by atoms with Gasteiger partial charge in [-0.25, -0.2) is 4.98 Å². The molecule has 0 unspecified atom stereocenters. The second-order valence-electron chi connectivity index (χ2n) is 7.70. The van der Waals surface area contributed by atoms with Gasteiger partial charge in [-0.05, 0) is 80.4 Å². The molecule has 0 fully saturated rings. The number of nitrogens with one attached hydrogen (secondary N) is 2. The number of hydrogen-bond acceptors (Lipinski definition) is 3. The molecule has 2 N–H and O–H groups in total. The van der Waals surface area contributed by atoms with Crippen molar-refractivity contribution in [1.82, 2.24) is 9.97 Å². The van der Waals surface area contributed by atoms with E-state index >= 15 is 0 Å². The lowest BCUT2D eigenvalue weighted by atomic mass is 10.1. The maximum Gasteiger partial charge on any atom is 0.272 e. The smallest absolute Gasteiger partial charge is 0.272 e. The number of nitrogens with zero attached hydrogens (tertiary/aromatic N) is 1. The first-order chi connectivity index (χ1) is 14.5. The summed E-state index contributed by atoms with van der Waals surface area (Å²) in [6.45, 7) is 6.12. The van der Waals surface area contributed by atoms with Crippen LogP contribution in [0.25, 0.3) is 31.7 Å². The zero-order valence-electron chi connectivity index (χ0n) is 17.0. The normalized spacial score (nSPS) is 11.3. The number of rotatable bonds is 3. The third kappa shape index (κ3) is 3.27. The number of thiazole rings is 1. The van der Waals surface area contributed by atoms with Crippen LogP contribution in [0.5, 0.6) is 0 Å². The summed E-state index contributed by atoms with van der Waals surface area (Å²) >= 11 is 1.68. The molecule has 0 aliphatic heterocycles. The van der Waals surface area contributed by atoms with Crippen LogP contribution in [0.2, 0.25) is 0 Å². The molecule has 5 aromatic rings. The molecule has 5 heteroatoms. The Kier molecular flexibility index (Phi) is 4.40. The van der Waals surface area contributed by atoms with Crippen molar-refractivity contribution in [2.75, 3.05) is 5.32 Å². The highest BCUT2D eigenvalue weighted by Crippen LogP contribution is 2.31. The number of hydrogen-bond donors (Lipinski definition) is 2. The number of carbonyl (C=O) groups excluding carboxylic acids is 1. The van der Waals surface area contributed by atoms with Crippen LogP contribution in [0.1, 0.15) is 27.2 Å².